The van der Waals surface area contributed by atoms with Gasteiger partial charge in [-0.3, -0.25) is 0 Å². The molecule has 0 aromatic heterocycles. The molecular formula is C78H48. The third-order valence-corrected chi connectivity index (χ3v) is 18.1. The van der Waals surface area contributed by atoms with E-state index in [1.807, 2.05) is 0 Å². The SMILES string of the molecule is C(=C\c1ccc2cc(-c3ccc4c(c3)-c3ccccc3C43c4ccccc4-c4ccccc43)ccc2c1)/c1ccc2cc(-c3ccc(-c4ccc5c(c4)-c4ccccc4C54c5ccccc5-c5ccccc54)cc3)ccc2c1. The van der Waals surface area contributed by atoms with E-state index in [2.05, 4.69) is 291 Å². The summed E-state index contributed by atoms with van der Waals surface area (Å²) >= 11 is 0. The molecular weight excluding hydrogens is 937 g/mol. The average molecular weight is 985 g/mol. The van der Waals surface area contributed by atoms with E-state index in [9.17, 15) is 0 Å². The highest BCUT2D eigenvalue weighted by molar-refractivity contribution is 5.99. The van der Waals surface area contributed by atoms with Gasteiger partial charge in [-0.15, -0.1) is 0 Å². The van der Waals surface area contributed by atoms with Gasteiger partial charge in [0.1, 0.15) is 0 Å². The van der Waals surface area contributed by atoms with Crippen molar-refractivity contribution in [3.05, 3.63) is 335 Å². The van der Waals surface area contributed by atoms with E-state index in [1.54, 1.807) is 0 Å². The summed E-state index contributed by atoms with van der Waals surface area (Å²) < 4.78 is 0. The Kier molecular flexibility index (Phi) is 9.07. The van der Waals surface area contributed by atoms with Crippen molar-refractivity contribution >= 4 is 33.7 Å². The summed E-state index contributed by atoms with van der Waals surface area (Å²) in [5.41, 5.74) is 30.7. The Labute approximate surface area is 454 Å². The van der Waals surface area contributed by atoms with Crippen molar-refractivity contribution in [2.24, 2.45) is 0 Å². The minimum Gasteiger partial charge on any atom is -0.0619 e. The van der Waals surface area contributed by atoms with Crippen LogP contribution < -0.4 is 0 Å². The second kappa shape index (κ2) is 16.3. The maximum Gasteiger partial charge on any atom is 0.0725 e. The highest BCUT2D eigenvalue weighted by atomic mass is 14.5. The highest BCUT2D eigenvalue weighted by Gasteiger charge is 2.53. The van der Waals surface area contributed by atoms with Crippen LogP contribution in [0.3, 0.4) is 0 Å². The second-order valence-electron chi connectivity index (χ2n) is 21.8. The first-order valence-electron chi connectivity index (χ1n) is 27.4. The predicted octanol–water partition coefficient (Wildman–Crippen LogP) is 19.9. The van der Waals surface area contributed by atoms with E-state index in [1.165, 1.54) is 155 Å². The Morgan fingerprint density at radius 3 is 0.795 bits per heavy atom. The number of benzene rings is 13. The van der Waals surface area contributed by atoms with Gasteiger partial charge in [0.05, 0.1) is 10.8 Å². The molecule has 4 aliphatic rings. The van der Waals surface area contributed by atoms with Crippen LogP contribution in [0.1, 0.15) is 55.6 Å². The standard InChI is InChI=1S/C78H48/c1-7-19-69-61(13-1)62-14-2-8-20-70(62)77(69)73-23-11-5-17-65(73)67-47-59(39-41-75(67)77)52-33-31-51(32-34-52)55-37-35-53-43-49(27-29-56(53)45-55)25-26-50-28-30-57-46-58(38-36-54(57)44-50)60-40-42-76-68(48-60)66-18-6-12-24-74(66)78(76)71-21-9-3-15-63(71)64-16-4-10-22-72(64)78/h1-48H/b26-25+. The molecule has 0 aliphatic heterocycles. The first-order valence-corrected chi connectivity index (χ1v) is 27.4. The smallest absolute Gasteiger partial charge is 0.0619 e. The van der Waals surface area contributed by atoms with Gasteiger partial charge in [0, 0.05) is 0 Å². The van der Waals surface area contributed by atoms with Crippen LogP contribution in [0.2, 0.25) is 0 Å². The minimum atomic E-state index is -0.320. The fraction of sp³-hybridized carbons (Fsp3) is 0.0256. The number of hydrogen-bond donors (Lipinski definition) is 0. The van der Waals surface area contributed by atoms with Crippen LogP contribution in [0.4, 0.5) is 0 Å². The van der Waals surface area contributed by atoms with Crippen LogP contribution in [0.25, 0.3) is 112 Å². The van der Waals surface area contributed by atoms with Crippen molar-refractivity contribution in [3.8, 4) is 77.9 Å². The lowest BCUT2D eigenvalue weighted by Crippen LogP contribution is -2.25. The van der Waals surface area contributed by atoms with Crippen LogP contribution in [-0.4, -0.2) is 0 Å². The topological polar surface area (TPSA) is 0 Å². The Morgan fingerprint density at radius 1 is 0.179 bits per heavy atom. The third kappa shape index (κ3) is 5.95. The minimum absolute atomic E-state index is 0.317. The van der Waals surface area contributed by atoms with Crippen molar-refractivity contribution in [2.45, 2.75) is 10.8 Å². The lowest BCUT2D eigenvalue weighted by molar-refractivity contribution is 0.794. The van der Waals surface area contributed by atoms with Crippen LogP contribution in [-0.2, 0) is 10.8 Å². The summed E-state index contributed by atoms with van der Waals surface area (Å²) in [6.07, 6.45) is 4.48. The normalized spacial score (nSPS) is 14.1. The zero-order valence-electron chi connectivity index (χ0n) is 42.7. The molecule has 0 N–H and O–H groups in total. The molecule has 78 heavy (non-hydrogen) atoms. The van der Waals surface area contributed by atoms with E-state index in [4.69, 9.17) is 0 Å². The molecule has 0 unspecified atom stereocenters. The van der Waals surface area contributed by atoms with Gasteiger partial charge in [0.2, 0.25) is 0 Å². The largest absolute Gasteiger partial charge is 0.0725 e. The van der Waals surface area contributed by atoms with Crippen molar-refractivity contribution in [2.75, 3.05) is 0 Å². The molecule has 0 amide bonds. The highest BCUT2D eigenvalue weighted by Crippen LogP contribution is 2.64. The summed E-state index contributed by atoms with van der Waals surface area (Å²) in [5, 5.41) is 4.94. The van der Waals surface area contributed by atoms with E-state index < -0.39 is 0 Å². The third-order valence-electron chi connectivity index (χ3n) is 18.1. The first-order chi connectivity index (χ1) is 38.6. The molecule has 0 bridgehead atoms. The first kappa shape index (κ1) is 43.4. The summed E-state index contributed by atoms with van der Waals surface area (Å²) in [6, 6.07) is 105. The van der Waals surface area contributed by atoms with Gasteiger partial charge in [0.15, 0.2) is 0 Å². The van der Waals surface area contributed by atoms with Crippen molar-refractivity contribution < 1.29 is 0 Å². The van der Waals surface area contributed by atoms with Crippen molar-refractivity contribution in [1.29, 1.82) is 0 Å². The lowest BCUT2D eigenvalue weighted by Gasteiger charge is -2.30. The van der Waals surface area contributed by atoms with Gasteiger partial charge in [-0.2, -0.15) is 0 Å². The molecule has 0 saturated heterocycles. The van der Waals surface area contributed by atoms with Crippen LogP contribution in [0.5, 0.6) is 0 Å². The molecule has 0 nitrogen and oxygen atoms in total. The molecule has 0 fully saturated rings. The molecule has 0 heteroatoms. The fourth-order valence-electron chi connectivity index (χ4n) is 14.7. The molecule has 360 valence electrons. The maximum atomic E-state index is 2.43. The summed E-state index contributed by atoms with van der Waals surface area (Å²) in [6.45, 7) is 0. The number of hydrogen-bond acceptors (Lipinski definition) is 0. The molecule has 13 aromatic carbocycles. The number of rotatable bonds is 5. The van der Waals surface area contributed by atoms with Gasteiger partial charge < -0.3 is 0 Å². The predicted molar refractivity (Wildman–Crippen MR) is 326 cm³/mol. The molecule has 0 radical (unpaired) electrons. The maximum absolute atomic E-state index is 2.43. The Balaban J connectivity index is 0.623. The zero-order chi connectivity index (χ0) is 51.1. The fourth-order valence-corrected chi connectivity index (χ4v) is 14.7. The molecule has 0 saturated carbocycles. The summed E-state index contributed by atoms with van der Waals surface area (Å²) in [4.78, 5) is 0. The zero-order valence-corrected chi connectivity index (χ0v) is 42.7. The van der Waals surface area contributed by atoms with Gasteiger partial charge in [0.25, 0.3) is 0 Å². The number of fused-ring (bicyclic) bond motifs is 22. The molecule has 0 atom stereocenters. The molecule has 17 rings (SSSR count). The Morgan fingerprint density at radius 2 is 0.423 bits per heavy atom. The molecule has 0 heterocycles. The molecule has 13 aromatic rings. The van der Waals surface area contributed by atoms with Gasteiger partial charge in [-0.25, -0.2) is 0 Å². The van der Waals surface area contributed by atoms with E-state index in [0.29, 0.717) is 0 Å². The van der Waals surface area contributed by atoms with E-state index in [0.717, 1.165) is 0 Å². The average Bonchev–Trinajstić information content (AvgIpc) is 3.92. The quantitative estimate of drug-likeness (QED) is 0.151. The van der Waals surface area contributed by atoms with Crippen molar-refractivity contribution in [1.82, 2.24) is 0 Å². The lowest BCUT2D eigenvalue weighted by atomic mass is 9.70. The van der Waals surface area contributed by atoms with Crippen LogP contribution in [0, 0.1) is 0 Å². The monoisotopic (exact) mass is 984 g/mol. The van der Waals surface area contributed by atoms with Gasteiger partial charge in [-0.1, -0.05) is 255 Å². The van der Waals surface area contributed by atoms with Crippen molar-refractivity contribution in [3.63, 3.8) is 0 Å². The molecule has 2 spiro atoms. The van der Waals surface area contributed by atoms with Crippen LogP contribution >= 0.6 is 0 Å². The van der Waals surface area contributed by atoms with Gasteiger partial charge in [-0.05, 0) is 191 Å². The summed E-state index contributed by atoms with van der Waals surface area (Å²) in [5.74, 6) is 0. The second-order valence-corrected chi connectivity index (χ2v) is 21.8. The van der Waals surface area contributed by atoms with Gasteiger partial charge >= 0.3 is 0 Å². The Bertz CT molecular complexity index is 4640. The Hall–Kier alpha value is -9.88. The van der Waals surface area contributed by atoms with E-state index in [-0.39, 0.29) is 10.8 Å². The molecule has 4 aliphatic carbocycles. The van der Waals surface area contributed by atoms with Crippen LogP contribution in [0.15, 0.2) is 279 Å². The summed E-state index contributed by atoms with van der Waals surface area (Å²) in [7, 11) is 0. The van der Waals surface area contributed by atoms with E-state index >= 15 is 0 Å².